The number of pyridine rings is 1. The normalized spacial score (nSPS) is 15.3. The lowest BCUT2D eigenvalue weighted by Crippen LogP contribution is -2.08. The molecule has 0 saturated heterocycles. The molecule has 1 fully saturated rings. The number of aromatic carboxylic acids is 1. The second kappa shape index (κ2) is 5.98. The Morgan fingerprint density at radius 2 is 2.04 bits per heavy atom. The molecular formula is C18H21N5O2. The number of fused-ring (bicyclic) bond motifs is 1. The van der Waals surface area contributed by atoms with Gasteiger partial charge in [-0.1, -0.05) is 12.8 Å². The van der Waals surface area contributed by atoms with E-state index in [-0.39, 0.29) is 5.56 Å². The standard InChI is InChI=1S/C18H21N5O2/c1-3-22-9-8-14(21-22)15-10-13(18(24)25)16-11(2)20-23(17(16)19-15)12-6-4-5-7-12/h8-10,12H,3-7H2,1-2H3,(H,24,25). The molecule has 1 aliphatic carbocycles. The average Bonchev–Trinajstić information content (AvgIpc) is 3.33. The summed E-state index contributed by atoms with van der Waals surface area (Å²) < 4.78 is 3.74. The fourth-order valence-corrected chi connectivity index (χ4v) is 3.69. The Balaban J connectivity index is 1.95. The molecule has 0 aromatic carbocycles. The van der Waals surface area contributed by atoms with E-state index in [1.54, 1.807) is 10.7 Å². The summed E-state index contributed by atoms with van der Waals surface area (Å²) >= 11 is 0. The molecule has 3 aromatic rings. The molecule has 4 rings (SSSR count). The highest BCUT2D eigenvalue weighted by Crippen LogP contribution is 2.34. The molecule has 0 atom stereocenters. The number of carboxylic acid groups (broad SMARTS) is 1. The first-order valence-corrected chi connectivity index (χ1v) is 8.75. The van der Waals surface area contributed by atoms with Crippen molar-refractivity contribution in [1.29, 1.82) is 0 Å². The van der Waals surface area contributed by atoms with Gasteiger partial charge in [0.15, 0.2) is 5.65 Å². The van der Waals surface area contributed by atoms with E-state index in [1.807, 2.05) is 30.8 Å². The van der Waals surface area contributed by atoms with Crippen LogP contribution in [0.1, 0.15) is 54.7 Å². The molecule has 25 heavy (non-hydrogen) atoms. The number of hydrogen-bond donors (Lipinski definition) is 1. The van der Waals surface area contributed by atoms with Crippen LogP contribution in [0.15, 0.2) is 18.3 Å². The molecule has 3 heterocycles. The number of hydrogen-bond acceptors (Lipinski definition) is 4. The highest BCUT2D eigenvalue weighted by Gasteiger charge is 2.25. The van der Waals surface area contributed by atoms with E-state index in [9.17, 15) is 9.90 Å². The Bertz CT molecular complexity index is 950. The summed E-state index contributed by atoms with van der Waals surface area (Å²) in [6.07, 6.45) is 6.36. The zero-order chi connectivity index (χ0) is 17.6. The van der Waals surface area contributed by atoms with Crippen LogP contribution < -0.4 is 0 Å². The zero-order valence-electron chi connectivity index (χ0n) is 14.4. The summed E-state index contributed by atoms with van der Waals surface area (Å²) in [7, 11) is 0. The summed E-state index contributed by atoms with van der Waals surface area (Å²) in [5, 5.41) is 19.5. The molecule has 0 aliphatic heterocycles. The van der Waals surface area contributed by atoms with Gasteiger partial charge in [-0.15, -0.1) is 0 Å². The molecule has 7 heteroatoms. The van der Waals surface area contributed by atoms with Crippen molar-refractivity contribution in [3.8, 4) is 11.4 Å². The van der Waals surface area contributed by atoms with Crippen molar-refractivity contribution in [1.82, 2.24) is 24.5 Å². The molecule has 7 nitrogen and oxygen atoms in total. The van der Waals surface area contributed by atoms with Gasteiger partial charge < -0.3 is 5.11 Å². The van der Waals surface area contributed by atoms with Gasteiger partial charge in [-0.25, -0.2) is 14.5 Å². The lowest BCUT2D eigenvalue weighted by molar-refractivity contribution is 0.0699. The first kappa shape index (κ1) is 15.8. The second-order valence-corrected chi connectivity index (χ2v) is 6.58. The summed E-state index contributed by atoms with van der Waals surface area (Å²) in [6.45, 7) is 4.62. The third kappa shape index (κ3) is 2.59. The van der Waals surface area contributed by atoms with Crippen LogP contribution in [0.3, 0.4) is 0 Å². The van der Waals surface area contributed by atoms with Crippen molar-refractivity contribution in [2.75, 3.05) is 0 Å². The van der Waals surface area contributed by atoms with Gasteiger partial charge in [0.2, 0.25) is 0 Å². The van der Waals surface area contributed by atoms with E-state index in [0.717, 1.165) is 25.1 Å². The number of aromatic nitrogens is 5. The summed E-state index contributed by atoms with van der Waals surface area (Å²) in [5.74, 6) is -0.961. The summed E-state index contributed by atoms with van der Waals surface area (Å²) in [5.41, 5.74) is 2.88. The van der Waals surface area contributed by atoms with E-state index in [2.05, 4.69) is 10.2 Å². The third-order valence-electron chi connectivity index (χ3n) is 4.96. The molecular weight excluding hydrogens is 318 g/mol. The minimum absolute atomic E-state index is 0.243. The molecule has 0 spiro atoms. The Morgan fingerprint density at radius 3 is 2.68 bits per heavy atom. The van der Waals surface area contributed by atoms with Gasteiger partial charge in [-0.05, 0) is 38.8 Å². The first-order chi connectivity index (χ1) is 12.1. The maximum absolute atomic E-state index is 11.9. The minimum Gasteiger partial charge on any atom is -0.478 e. The fourth-order valence-electron chi connectivity index (χ4n) is 3.69. The van der Waals surface area contributed by atoms with Crippen LogP contribution in [0.4, 0.5) is 0 Å². The smallest absolute Gasteiger partial charge is 0.336 e. The van der Waals surface area contributed by atoms with Crippen molar-refractivity contribution in [3.05, 3.63) is 29.6 Å². The van der Waals surface area contributed by atoms with E-state index in [4.69, 9.17) is 4.98 Å². The number of rotatable bonds is 4. The average molecular weight is 339 g/mol. The summed E-state index contributed by atoms with van der Waals surface area (Å²) in [6, 6.07) is 3.78. The predicted octanol–water partition coefficient (Wildman–Crippen LogP) is 3.44. The highest BCUT2D eigenvalue weighted by atomic mass is 16.4. The maximum Gasteiger partial charge on any atom is 0.336 e. The topological polar surface area (TPSA) is 85.8 Å². The van der Waals surface area contributed by atoms with Gasteiger partial charge in [-0.3, -0.25) is 4.68 Å². The third-order valence-corrected chi connectivity index (χ3v) is 4.96. The van der Waals surface area contributed by atoms with Crippen molar-refractivity contribution < 1.29 is 9.90 Å². The second-order valence-electron chi connectivity index (χ2n) is 6.58. The van der Waals surface area contributed by atoms with E-state index < -0.39 is 5.97 Å². The SMILES string of the molecule is CCn1ccc(-c2cc(C(=O)O)c3c(C)nn(C4CCCC4)c3n2)n1. The lowest BCUT2D eigenvalue weighted by atomic mass is 10.1. The first-order valence-electron chi connectivity index (χ1n) is 8.75. The number of carboxylic acids is 1. The molecule has 0 radical (unpaired) electrons. The molecule has 0 bridgehead atoms. The van der Waals surface area contributed by atoms with Gasteiger partial charge in [0, 0.05) is 12.7 Å². The van der Waals surface area contributed by atoms with Gasteiger partial charge in [0.25, 0.3) is 0 Å². The molecule has 130 valence electrons. The number of carbonyl (C=O) groups is 1. The monoisotopic (exact) mass is 339 g/mol. The van der Waals surface area contributed by atoms with Gasteiger partial charge in [0.1, 0.15) is 5.69 Å². The Labute approximate surface area is 145 Å². The molecule has 1 aliphatic rings. The Morgan fingerprint density at radius 1 is 1.28 bits per heavy atom. The highest BCUT2D eigenvalue weighted by molar-refractivity contribution is 6.04. The van der Waals surface area contributed by atoms with E-state index in [1.165, 1.54) is 12.8 Å². The van der Waals surface area contributed by atoms with Crippen LogP contribution in [-0.4, -0.2) is 35.6 Å². The van der Waals surface area contributed by atoms with Crippen molar-refractivity contribution in [2.24, 2.45) is 0 Å². The Hall–Kier alpha value is -2.70. The van der Waals surface area contributed by atoms with Crippen LogP contribution in [-0.2, 0) is 6.54 Å². The predicted molar refractivity (Wildman–Crippen MR) is 93.6 cm³/mol. The van der Waals surface area contributed by atoms with Gasteiger partial charge in [0.05, 0.1) is 28.4 Å². The quantitative estimate of drug-likeness (QED) is 0.787. The maximum atomic E-state index is 11.9. The molecule has 0 unspecified atom stereocenters. The molecule has 3 aromatic heterocycles. The van der Waals surface area contributed by atoms with E-state index >= 15 is 0 Å². The minimum atomic E-state index is -0.961. The van der Waals surface area contributed by atoms with Crippen molar-refractivity contribution in [3.63, 3.8) is 0 Å². The zero-order valence-corrected chi connectivity index (χ0v) is 14.4. The largest absolute Gasteiger partial charge is 0.478 e. The van der Waals surface area contributed by atoms with Crippen molar-refractivity contribution >= 4 is 17.0 Å². The molecule has 1 N–H and O–H groups in total. The molecule has 1 saturated carbocycles. The van der Waals surface area contributed by atoms with Gasteiger partial charge >= 0.3 is 5.97 Å². The van der Waals surface area contributed by atoms with Crippen LogP contribution in [0.2, 0.25) is 0 Å². The van der Waals surface area contributed by atoms with Gasteiger partial charge in [-0.2, -0.15) is 10.2 Å². The van der Waals surface area contributed by atoms with Crippen LogP contribution in [0, 0.1) is 6.92 Å². The van der Waals surface area contributed by atoms with Crippen LogP contribution in [0.25, 0.3) is 22.4 Å². The van der Waals surface area contributed by atoms with Crippen LogP contribution in [0.5, 0.6) is 0 Å². The summed E-state index contributed by atoms with van der Waals surface area (Å²) in [4.78, 5) is 16.6. The number of nitrogens with zero attached hydrogens (tertiary/aromatic N) is 5. The fraction of sp³-hybridized carbons (Fsp3) is 0.444. The van der Waals surface area contributed by atoms with Crippen LogP contribution >= 0.6 is 0 Å². The number of aryl methyl sites for hydroxylation is 2. The van der Waals surface area contributed by atoms with Crippen molar-refractivity contribution in [2.45, 2.75) is 52.1 Å². The molecule has 0 amide bonds. The van der Waals surface area contributed by atoms with E-state index in [0.29, 0.717) is 28.5 Å². The Kier molecular flexibility index (Phi) is 3.78. The lowest BCUT2D eigenvalue weighted by Gasteiger charge is -2.11.